The lowest BCUT2D eigenvalue weighted by Crippen LogP contribution is -2.14. The summed E-state index contributed by atoms with van der Waals surface area (Å²) < 4.78 is 17.7. The minimum atomic E-state index is -0.626. The number of nitrogens with zero attached hydrogens (tertiary/aromatic N) is 2. The van der Waals surface area contributed by atoms with E-state index in [9.17, 15) is 9.18 Å². The molecule has 0 aliphatic heterocycles. The third-order valence-corrected chi connectivity index (χ3v) is 6.61. The first-order chi connectivity index (χ1) is 20.4. The molecule has 0 saturated carbocycles. The SMILES string of the molecule is C=CC(=C\C(=C)CF)/C(/C=C\C)=N/C(=C/NCCC=N/C(=C\C)c1ccc(C(CC)CCCCC(=O)OC)cc1)NC. The van der Waals surface area contributed by atoms with Gasteiger partial charge in [-0.3, -0.25) is 9.79 Å². The fourth-order valence-electron chi connectivity index (χ4n) is 4.23. The van der Waals surface area contributed by atoms with E-state index in [0.717, 1.165) is 43.4 Å². The van der Waals surface area contributed by atoms with Crippen LogP contribution < -0.4 is 10.6 Å². The lowest BCUT2D eigenvalue weighted by Gasteiger charge is -2.16. The van der Waals surface area contributed by atoms with Gasteiger partial charge in [-0.05, 0) is 73.5 Å². The second kappa shape index (κ2) is 21.7. The van der Waals surface area contributed by atoms with Gasteiger partial charge in [-0.25, -0.2) is 9.38 Å². The molecule has 0 spiro atoms. The van der Waals surface area contributed by atoms with Crippen LogP contribution in [-0.4, -0.2) is 45.3 Å². The highest BCUT2D eigenvalue weighted by atomic mass is 19.1. The Bertz CT molecular complexity index is 1170. The summed E-state index contributed by atoms with van der Waals surface area (Å²) in [5, 5.41) is 6.34. The normalized spacial score (nSPS) is 13.9. The number of benzene rings is 1. The first-order valence-corrected chi connectivity index (χ1v) is 14.6. The van der Waals surface area contributed by atoms with Crippen LogP contribution in [0.5, 0.6) is 0 Å². The van der Waals surface area contributed by atoms with Crippen molar-refractivity contribution in [3.05, 3.63) is 102 Å². The molecule has 1 aromatic carbocycles. The Morgan fingerprint density at radius 1 is 1.19 bits per heavy atom. The average Bonchev–Trinajstić information content (AvgIpc) is 3.02. The molecule has 228 valence electrons. The van der Waals surface area contributed by atoms with Crippen molar-refractivity contribution in [2.45, 2.75) is 65.2 Å². The van der Waals surface area contributed by atoms with E-state index in [1.807, 2.05) is 38.3 Å². The molecule has 1 atom stereocenters. The lowest BCUT2D eigenvalue weighted by molar-refractivity contribution is -0.140. The number of hydrogen-bond donors (Lipinski definition) is 2. The van der Waals surface area contributed by atoms with Crippen molar-refractivity contribution >= 4 is 23.6 Å². The molecule has 7 heteroatoms. The minimum Gasteiger partial charge on any atom is -0.469 e. The number of methoxy groups -OCH3 is 1. The third kappa shape index (κ3) is 13.6. The van der Waals surface area contributed by atoms with E-state index in [1.54, 1.807) is 25.4 Å². The van der Waals surface area contributed by atoms with E-state index in [-0.39, 0.29) is 5.97 Å². The maximum atomic E-state index is 12.9. The van der Waals surface area contributed by atoms with E-state index >= 15 is 0 Å². The third-order valence-electron chi connectivity index (χ3n) is 6.61. The van der Waals surface area contributed by atoms with Crippen LogP contribution in [0.3, 0.4) is 0 Å². The van der Waals surface area contributed by atoms with Gasteiger partial charge in [0.2, 0.25) is 0 Å². The predicted molar refractivity (Wildman–Crippen MR) is 178 cm³/mol. The molecule has 0 saturated heterocycles. The van der Waals surface area contributed by atoms with Gasteiger partial charge in [-0.1, -0.05) is 69.0 Å². The zero-order valence-corrected chi connectivity index (χ0v) is 26.1. The van der Waals surface area contributed by atoms with E-state index in [2.05, 4.69) is 60.0 Å². The maximum Gasteiger partial charge on any atom is 0.305 e. The van der Waals surface area contributed by atoms with Crippen molar-refractivity contribution in [1.29, 1.82) is 0 Å². The number of carbonyl (C=O) groups excluding carboxylic acids is 1. The molecule has 2 N–H and O–H groups in total. The second-order valence-corrected chi connectivity index (χ2v) is 9.65. The molecular formula is C35H49FN4O2. The summed E-state index contributed by atoms with van der Waals surface area (Å²) in [6, 6.07) is 8.65. The fraction of sp³-hybridized carbons (Fsp3) is 0.400. The molecular weight excluding hydrogens is 527 g/mol. The smallest absolute Gasteiger partial charge is 0.305 e. The first-order valence-electron chi connectivity index (χ1n) is 14.6. The Kier molecular flexibility index (Phi) is 18.6. The molecule has 0 aliphatic rings. The molecule has 0 aromatic heterocycles. The summed E-state index contributed by atoms with van der Waals surface area (Å²) in [6.45, 7) is 13.7. The molecule has 42 heavy (non-hydrogen) atoms. The predicted octanol–water partition coefficient (Wildman–Crippen LogP) is 8.00. The first kappa shape index (κ1) is 36.0. The molecule has 1 rings (SSSR count). The Balaban J connectivity index is 2.75. The standard InChI is InChI=1S/C35H49FN4O2/c1-8-15-33(29(10-3)24-27(5)25-36)40-34(37-6)26-38-22-14-23-39-32(11-4)31-20-18-30(19-21-31)28(9-2)16-12-13-17-35(41)42-7/h8,10-11,15,18-21,23-24,26,28,37-38H,3,5,9,12-14,16-17,22,25H2,1-2,4,6-7H3/b15-8-,29-24+,32-11-,34-26+,39-23?,40-33+. The fourth-order valence-corrected chi connectivity index (χ4v) is 4.23. The van der Waals surface area contributed by atoms with Gasteiger partial charge < -0.3 is 15.4 Å². The Hall–Kier alpha value is -4.00. The number of hydrogen-bond acceptors (Lipinski definition) is 6. The van der Waals surface area contributed by atoms with E-state index in [1.165, 1.54) is 12.7 Å². The van der Waals surface area contributed by atoms with Crippen LogP contribution in [0.1, 0.15) is 76.3 Å². The van der Waals surface area contributed by atoms with Gasteiger partial charge in [0.05, 0.1) is 18.5 Å². The number of carbonyl (C=O) groups is 1. The van der Waals surface area contributed by atoms with Gasteiger partial charge in [0.1, 0.15) is 12.5 Å². The highest BCUT2D eigenvalue weighted by Crippen LogP contribution is 2.27. The van der Waals surface area contributed by atoms with Crippen LogP contribution in [0.25, 0.3) is 5.70 Å². The van der Waals surface area contributed by atoms with Crippen molar-refractivity contribution in [3.63, 3.8) is 0 Å². The van der Waals surface area contributed by atoms with Crippen molar-refractivity contribution in [3.8, 4) is 0 Å². The molecule has 6 nitrogen and oxygen atoms in total. The number of nitrogens with one attached hydrogen (secondary N) is 2. The number of ether oxygens (including phenoxy) is 1. The average molecular weight is 577 g/mol. The van der Waals surface area contributed by atoms with E-state index in [0.29, 0.717) is 41.6 Å². The number of halogens is 1. The van der Waals surface area contributed by atoms with Gasteiger partial charge >= 0.3 is 5.97 Å². The summed E-state index contributed by atoms with van der Waals surface area (Å²) in [5.74, 6) is 0.963. The van der Waals surface area contributed by atoms with Gasteiger partial charge in [0, 0.05) is 38.8 Å². The molecule has 0 radical (unpaired) electrons. The highest BCUT2D eigenvalue weighted by molar-refractivity contribution is 6.11. The Morgan fingerprint density at radius 3 is 2.50 bits per heavy atom. The molecule has 0 bridgehead atoms. The van der Waals surface area contributed by atoms with Gasteiger partial charge in [-0.2, -0.15) is 0 Å². The minimum absolute atomic E-state index is 0.139. The molecule has 0 amide bonds. The highest BCUT2D eigenvalue weighted by Gasteiger charge is 2.11. The molecule has 0 heterocycles. The zero-order valence-electron chi connectivity index (χ0n) is 26.1. The Morgan fingerprint density at radius 2 is 1.93 bits per heavy atom. The lowest BCUT2D eigenvalue weighted by atomic mass is 9.90. The monoisotopic (exact) mass is 576 g/mol. The Labute approximate surface area is 252 Å². The van der Waals surface area contributed by atoms with Gasteiger partial charge in [0.25, 0.3) is 0 Å². The number of aliphatic imine (C=N–C) groups is 2. The van der Waals surface area contributed by atoms with Crippen LogP contribution in [0.4, 0.5) is 4.39 Å². The van der Waals surface area contributed by atoms with Crippen molar-refractivity contribution in [2.75, 3.05) is 27.4 Å². The second-order valence-electron chi connectivity index (χ2n) is 9.65. The maximum absolute atomic E-state index is 12.9. The zero-order chi connectivity index (χ0) is 31.2. The van der Waals surface area contributed by atoms with Crippen molar-refractivity contribution in [1.82, 2.24) is 10.6 Å². The van der Waals surface area contributed by atoms with Crippen molar-refractivity contribution < 1.29 is 13.9 Å². The quantitative estimate of drug-likeness (QED) is 0.0714. The number of allylic oxidation sites excluding steroid dienone is 7. The summed E-state index contributed by atoms with van der Waals surface area (Å²) in [6.07, 6.45) is 17.9. The molecule has 1 unspecified atom stereocenters. The van der Waals surface area contributed by atoms with E-state index < -0.39 is 6.67 Å². The number of rotatable bonds is 20. The summed E-state index contributed by atoms with van der Waals surface area (Å²) in [4.78, 5) is 20.7. The van der Waals surface area contributed by atoms with Crippen LogP contribution in [-0.2, 0) is 9.53 Å². The van der Waals surface area contributed by atoms with Gasteiger partial charge in [0.15, 0.2) is 0 Å². The summed E-state index contributed by atoms with van der Waals surface area (Å²) in [5.41, 5.74) is 5.03. The molecule has 0 fully saturated rings. The number of esters is 1. The van der Waals surface area contributed by atoms with Crippen LogP contribution >= 0.6 is 0 Å². The van der Waals surface area contributed by atoms with Gasteiger partial charge in [-0.15, -0.1) is 0 Å². The van der Waals surface area contributed by atoms with Crippen LogP contribution in [0.2, 0.25) is 0 Å². The van der Waals surface area contributed by atoms with Crippen LogP contribution in [0, 0.1) is 0 Å². The van der Waals surface area contributed by atoms with Crippen molar-refractivity contribution in [2.24, 2.45) is 9.98 Å². The summed E-state index contributed by atoms with van der Waals surface area (Å²) in [7, 11) is 3.23. The van der Waals surface area contributed by atoms with Crippen LogP contribution in [0.15, 0.2) is 101 Å². The molecule has 0 aliphatic carbocycles. The largest absolute Gasteiger partial charge is 0.469 e. The van der Waals surface area contributed by atoms with E-state index in [4.69, 9.17) is 9.73 Å². The number of unbranched alkanes of at least 4 members (excludes halogenated alkanes) is 1. The molecule has 1 aromatic rings. The topological polar surface area (TPSA) is 75.1 Å². The number of alkyl halides is 1. The summed E-state index contributed by atoms with van der Waals surface area (Å²) >= 11 is 0.